The van der Waals surface area contributed by atoms with Gasteiger partial charge in [-0.3, -0.25) is 14.5 Å². The van der Waals surface area contributed by atoms with Crippen LogP contribution in [-0.2, 0) is 4.79 Å². The molecular formula is C13H3F10NO4. The highest BCUT2D eigenvalue weighted by atomic mass is 19.4. The summed E-state index contributed by atoms with van der Waals surface area (Å²) in [6.45, 7) is 0. The van der Waals surface area contributed by atoms with Crippen molar-refractivity contribution in [3.05, 3.63) is 34.4 Å². The van der Waals surface area contributed by atoms with E-state index in [9.17, 15) is 58.3 Å². The SMILES string of the molecule is O=C(O)[C@H](C(C(F)(F)F)C(F)(F)F)N1C(=O)c2c(F)c(F)c(F)c(F)c2C1=O. The summed E-state index contributed by atoms with van der Waals surface area (Å²) in [5.41, 5.74) is -4.06. The average Bonchev–Trinajstić information content (AvgIpc) is 2.77. The molecule has 5 nitrogen and oxygen atoms in total. The van der Waals surface area contributed by atoms with Gasteiger partial charge in [0.25, 0.3) is 11.8 Å². The normalized spacial score (nSPS) is 16.0. The first kappa shape index (κ1) is 21.4. The Bertz CT molecular complexity index is 830. The fourth-order valence-electron chi connectivity index (χ4n) is 2.56. The highest BCUT2D eigenvalue weighted by Crippen LogP contribution is 2.45. The molecule has 1 aliphatic rings. The maximum absolute atomic E-state index is 13.7. The number of fused-ring (bicyclic) bond motifs is 1. The minimum Gasteiger partial charge on any atom is -0.480 e. The fourth-order valence-corrected chi connectivity index (χ4v) is 2.56. The van der Waals surface area contributed by atoms with Gasteiger partial charge in [0, 0.05) is 0 Å². The molecule has 0 spiro atoms. The van der Waals surface area contributed by atoms with E-state index in [4.69, 9.17) is 5.11 Å². The van der Waals surface area contributed by atoms with Gasteiger partial charge in [0.1, 0.15) is 0 Å². The number of aliphatic carboxylic acids is 1. The van der Waals surface area contributed by atoms with Gasteiger partial charge in [0.2, 0.25) is 0 Å². The molecule has 0 aromatic heterocycles. The number of benzene rings is 1. The van der Waals surface area contributed by atoms with Crippen molar-refractivity contribution in [1.82, 2.24) is 4.90 Å². The minimum atomic E-state index is -6.38. The van der Waals surface area contributed by atoms with E-state index in [1.807, 2.05) is 0 Å². The molecule has 0 radical (unpaired) electrons. The fraction of sp³-hybridized carbons (Fsp3) is 0.308. The Morgan fingerprint density at radius 2 is 1.07 bits per heavy atom. The molecule has 2 rings (SSSR count). The van der Waals surface area contributed by atoms with E-state index in [0.717, 1.165) is 0 Å². The summed E-state index contributed by atoms with van der Waals surface area (Å²) in [5, 5.41) is 8.81. The van der Waals surface area contributed by atoms with Crippen LogP contribution in [0.2, 0.25) is 0 Å². The van der Waals surface area contributed by atoms with Gasteiger partial charge in [-0.15, -0.1) is 0 Å². The third-order valence-corrected chi connectivity index (χ3v) is 3.68. The van der Waals surface area contributed by atoms with Crippen molar-refractivity contribution >= 4 is 17.8 Å². The molecule has 1 heterocycles. The minimum absolute atomic E-state index is 1.25. The van der Waals surface area contributed by atoms with Crippen LogP contribution in [0.25, 0.3) is 0 Å². The van der Waals surface area contributed by atoms with Crippen molar-refractivity contribution in [1.29, 1.82) is 0 Å². The molecule has 1 aromatic carbocycles. The Morgan fingerprint density at radius 1 is 0.750 bits per heavy atom. The highest BCUT2D eigenvalue weighted by molar-refractivity contribution is 6.23. The third-order valence-electron chi connectivity index (χ3n) is 3.68. The molecule has 1 N–H and O–H groups in total. The lowest BCUT2D eigenvalue weighted by Gasteiger charge is -2.32. The van der Waals surface area contributed by atoms with E-state index in [2.05, 4.69) is 0 Å². The lowest BCUT2D eigenvalue weighted by Crippen LogP contribution is -2.58. The van der Waals surface area contributed by atoms with Gasteiger partial charge in [-0.05, 0) is 0 Å². The first-order chi connectivity index (χ1) is 12.5. The largest absolute Gasteiger partial charge is 0.480 e. The monoisotopic (exact) mass is 427 g/mol. The molecule has 15 heteroatoms. The number of rotatable bonds is 3. The number of hydrogen-bond acceptors (Lipinski definition) is 3. The van der Waals surface area contributed by atoms with Gasteiger partial charge in [-0.25, -0.2) is 22.4 Å². The van der Waals surface area contributed by atoms with Crippen LogP contribution in [0.4, 0.5) is 43.9 Å². The van der Waals surface area contributed by atoms with Crippen LogP contribution >= 0.6 is 0 Å². The number of carbonyl (C=O) groups excluding carboxylic acids is 2. The number of carbonyl (C=O) groups is 3. The number of alkyl halides is 6. The van der Waals surface area contributed by atoms with Crippen LogP contribution in [0.3, 0.4) is 0 Å². The maximum Gasteiger partial charge on any atom is 0.403 e. The second-order valence-corrected chi connectivity index (χ2v) is 5.33. The smallest absolute Gasteiger partial charge is 0.403 e. The van der Waals surface area contributed by atoms with Gasteiger partial charge < -0.3 is 5.11 Å². The first-order valence-corrected chi connectivity index (χ1v) is 6.63. The van der Waals surface area contributed by atoms with Gasteiger partial charge >= 0.3 is 18.3 Å². The molecule has 28 heavy (non-hydrogen) atoms. The van der Waals surface area contributed by atoms with Gasteiger partial charge in [-0.1, -0.05) is 0 Å². The number of imide groups is 1. The number of amides is 2. The van der Waals surface area contributed by atoms with Crippen LogP contribution in [0, 0.1) is 29.2 Å². The molecule has 0 unspecified atom stereocenters. The standard InChI is InChI=1S/C13H3F10NO4/c14-3-1-2(4(15)6(17)5(3)16)10(26)24(9(1)25)7(11(27)28)8(12(18,19)20)13(21,22)23/h7-8H,(H,27,28)/t7-/m0/s1. The lowest BCUT2D eigenvalue weighted by molar-refractivity contribution is -0.294. The molecule has 0 fully saturated rings. The van der Waals surface area contributed by atoms with Crippen molar-refractivity contribution in [2.75, 3.05) is 0 Å². The zero-order valence-corrected chi connectivity index (χ0v) is 12.6. The van der Waals surface area contributed by atoms with E-state index < -0.39 is 81.4 Å². The Hall–Kier alpha value is -2.87. The van der Waals surface area contributed by atoms with Crippen molar-refractivity contribution in [2.45, 2.75) is 18.4 Å². The zero-order chi connectivity index (χ0) is 21.9. The summed E-state index contributed by atoms with van der Waals surface area (Å²) in [4.78, 5) is 33.8. The zero-order valence-electron chi connectivity index (χ0n) is 12.6. The van der Waals surface area contributed by atoms with E-state index in [1.54, 1.807) is 0 Å². The lowest BCUT2D eigenvalue weighted by atomic mass is 9.96. The topological polar surface area (TPSA) is 74.7 Å². The summed E-state index contributed by atoms with van der Waals surface area (Å²) in [5.74, 6) is -23.5. The number of hydrogen-bond donors (Lipinski definition) is 1. The molecule has 0 saturated carbocycles. The number of halogens is 10. The molecule has 154 valence electrons. The van der Waals surface area contributed by atoms with E-state index in [-0.39, 0.29) is 0 Å². The second kappa shape index (κ2) is 6.34. The van der Waals surface area contributed by atoms with Crippen molar-refractivity contribution in [3.63, 3.8) is 0 Å². The summed E-state index contributed by atoms with van der Waals surface area (Å²) in [6, 6.07) is -4.06. The Kier molecular flexibility index (Phi) is 4.85. The Labute approximate surface area is 146 Å². The summed E-state index contributed by atoms with van der Waals surface area (Å²) in [6.07, 6.45) is -12.8. The maximum atomic E-state index is 13.7. The van der Waals surface area contributed by atoms with Crippen molar-refractivity contribution < 1.29 is 63.4 Å². The summed E-state index contributed by atoms with van der Waals surface area (Å²) >= 11 is 0. The number of nitrogens with zero attached hydrogens (tertiary/aromatic N) is 1. The highest BCUT2D eigenvalue weighted by Gasteiger charge is 2.66. The number of carboxylic acids is 1. The predicted molar refractivity (Wildman–Crippen MR) is 63.8 cm³/mol. The molecular weight excluding hydrogens is 424 g/mol. The third kappa shape index (κ3) is 3.03. The summed E-state index contributed by atoms with van der Waals surface area (Å²) < 4.78 is 131. The molecule has 0 saturated heterocycles. The van der Waals surface area contributed by atoms with Crippen LogP contribution in [0.1, 0.15) is 20.7 Å². The molecule has 1 atom stereocenters. The Balaban J connectivity index is 2.77. The second-order valence-electron chi connectivity index (χ2n) is 5.33. The van der Waals surface area contributed by atoms with E-state index in [0.29, 0.717) is 0 Å². The van der Waals surface area contributed by atoms with Crippen LogP contribution in [-0.4, -0.2) is 46.2 Å². The van der Waals surface area contributed by atoms with E-state index >= 15 is 0 Å². The molecule has 0 bridgehead atoms. The predicted octanol–water partition coefficient (Wildman–Crippen LogP) is 3.03. The quantitative estimate of drug-likeness (QED) is 0.349. The van der Waals surface area contributed by atoms with Gasteiger partial charge in [0.05, 0.1) is 11.1 Å². The molecule has 0 aliphatic carbocycles. The number of carboxylic acid groups (broad SMARTS) is 1. The first-order valence-electron chi connectivity index (χ1n) is 6.63. The van der Waals surface area contributed by atoms with E-state index in [1.165, 1.54) is 0 Å². The molecule has 2 amide bonds. The van der Waals surface area contributed by atoms with Crippen LogP contribution in [0.5, 0.6) is 0 Å². The average molecular weight is 427 g/mol. The molecule has 1 aliphatic heterocycles. The summed E-state index contributed by atoms with van der Waals surface area (Å²) in [7, 11) is 0. The van der Waals surface area contributed by atoms with Crippen LogP contribution < -0.4 is 0 Å². The van der Waals surface area contributed by atoms with Gasteiger partial charge in [0.15, 0.2) is 35.2 Å². The van der Waals surface area contributed by atoms with Crippen molar-refractivity contribution in [2.24, 2.45) is 5.92 Å². The van der Waals surface area contributed by atoms with Crippen LogP contribution in [0.15, 0.2) is 0 Å². The van der Waals surface area contributed by atoms with Gasteiger partial charge in [-0.2, -0.15) is 26.3 Å². The molecule has 1 aromatic rings. The van der Waals surface area contributed by atoms with Crippen molar-refractivity contribution in [3.8, 4) is 0 Å². The Morgan fingerprint density at radius 3 is 1.32 bits per heavy atom.